The van der Waals surface area contributed by atoms with E-state index in [1.807, 2.05) is 28.8 Å². The number of fused-ring (bicyclic) bond motifs is 1. The first kappa shape index (κ1) is 14.6. The molecule has 1 aromatic heterocycles. The number of nitrogens with zero attached hydrogens (tertiary/aromatic N) is 2. The Morgan fingerprint density at radius 2 is 2.05 bits per heavy atom. The van der Waals surface area contributed by atoms with Gasteiger partial charge in [-0.2, -0.15) is 0 Å². The van der Waals surface area contributed by atoms with Crippen LogP contribution in [0.2, 0.25) is 0 Å². The first-order valence-corrected chi connectivity index (χ1v) is 8.76. The van der Waals surface area contributed by atoms with E-state index in [9.17, 15) is 4.79 Å². The van der Waals surface area contributed by atoms with Crippen molar-refractivity contribution in [1.29, 1.82) is 0 Å². The minimum absolute atomic E-state index is 0.137. The summed E-state index contributed by atoms with van der Waals surface area (Å²) in [5.74, 6) is 0. The molecule has 1 aliphatic carbocycles. The normalized spacial score (nSPS) is 17.4. The molecule has 1 atom stereocenters. The second-order valence-electron chi connectivity index (χ2n) is 5.86. The molecule has 3 rings (SSSR count). The fraction of sp³-hybridized carbons (Fsp3) is 0.529. The molecule has 0 spiro atoms. The molecule has 1 unspecified atom stereocenters. The third-order valence-corrected chi connectivity index (χ3v) is 5.58. The molecule has 0 N–H and O–H groups in total. The fourth-order valence-electron chi connectivity index (χ4n) is 2.96. The van der Waals surface area contributed by atoms with Gasteiger partial charge in [0, 0.05) is 11.3 Å². The van der Waals surface area contributed by atoms with E-state index in [0.29, 0.717) is 11.3 Å². The molecule has 1 heterocycles. The highest BCUT2D eigenvalue weighted by Gasteiger charge is 2.23. The van der Waals surface area contributed by atoms with Gasteiger partial charge in [0.2, 0.25) is 0 Å². The monoisotopic (exact) mass is 302 g/mol. The van der Waals surface area contributed by atoms with Crippen molar-refractivity contribution >= 4 is 22.7 Å². The zero-order valence-electron chi connectivity index (χ0n) is 12.7. The third kappa shape index (κ3) is 2.86. The van der Waals surface area contributed by atoms with Crippen LogP contribution in [0.3, 0.4) is 0 Å². The summed E-state index contributed by atoms with van der Waals surface area (Å²) in [5, 5.41) is 2.13. The average Bonchev–Trinajstić information content (AvgIpc) is 3.01. The number of thioether (sulfide) groups is 1. The van der Waals surface area contributed by atoms with Crippen molar-refractivity contribution < 1.29 is 0 Å². The summed E-state index contributed by atoms with van der Waals surface area (Å²) in [6.07, 6.45) is 5.73. The molecule has 4 heteroatoms. The second kappa shape index (κ2) is 6.22. The van der Waals surface area contributed by atoms with Gasteiger partial charge >= 0.3 is 0 Å². The topological polar surface area (TPSA) is 34.9 Å². The Labute approximate surface area is 129 Å². The van der Waals surface area contributed by atoms with Gasteiger partial charge < -0.3 is 0 Å². The lowest BCUT2D eigenvalue weighted by Crippen LogP contribution is -2.26. The quantitative estimate of drug-likeness (QED) is 0.620. The SMILES string of the molecule is CCC(C)Sc1nc2ccccc2c(=O)n1C1CCCC1. The highest BCUT2D eigenvalue weighted by molar-refractivity contribution is 7.99. The average molecular weight is 302 g/mol. The summed E-state index contributed by atoms with van der Waals surface area (Å²) in [5.41, 5.74) is 0.959. The zero-order chi connectivity index (χ0) is 14.8. The zero-order valence-corrected chi connectivity index (χ0v) is 13.5. The Morgan fingerprint density at radius 3 is 2.76 bits per heavy atom. The first-order chi connectivity index (χ1) is 10.2. The number of hydrogen-bond acceptors (Lipinski definition) is 3. The van der Waals surface area contributed by atoms with E-state index in [0.717, 1.165) is 35.3 Å². The van der Waals surface area contributed by atoms with Crippen LogP contribution < -0.4 is 5.56 Å². The number of aromatic nitrogens is 2. The van der Waals surface area contributed by atoms with Gasteiger partial charge in [-0.25, -0.2) is 4.98 Å². The van der Waals surface area contributed by atoms with Crippen LogP contribution >= 0.6 is 11.8 Å². The van der Waals surface area contributed by atoms with E-state index in [1.54, 1.807) is 11.8 Å². The Kier molecular flexibility index (Phi) is 4.34. The lowest BCUT2D eigenvalue weighted by Gasteiger charge is -2.20. The Morgan fingerprint density at radius 1 is 1.33 bits per heavy atom. The van der Waals surface area contributed by atoms with Gasteiger partial charge in [0.25, 0.3) is 5.56 Å². The number of hydrogen-bond donors (Lipinski definition) is 0. The third-order valence-electron chi connectivity index (χ3n) is 4.35. The van der Waals surface area contributed by atoms with E-state index >= 15 is 0 Å². The van der Waals surface area contributed by atoms with Gasteiger partial charge in [0.15, 0.2) is 5.16 Å². The lowest BCUT2D eigenvalue weighted by atomic mass is 10.2. The van der Waals surface area contributed by atoms with E-state index in [1.165, 1.54) is 12.8 Å². The predicted molar refractivity (Wildman–Crippen MR) is 89.1 cm³/mol. The van der Waals surface area contributed by atoms with Crippen LogP contribution in [-0.2, 0) is 0 Å². The molecule has 2 aromatic rings. The van der Waals surface area contributed by atoms with Gasteiger partial charge in [-0.1, -0.05) is 50.6 Å². The molecular weight excluding hydrogens is 280 g/mol. The molecular formula is C17H22N2OS. The summed E-state index contributed by atoms with van der Waals surface area (Å²) in [6, 6.07) is 8.05. The van der Waals surface area contributed by atoms with E-state index < -0.39 is 0 Å². The Hall–Kier alpha value is -1.29. The van der Waals surface area contributed by atoms with Gasteiger partial charge in [-0.05, 0) is 31.4 Å². The maximum atomic E-state index is 12.9. The molecule has 21 heavy (non-hydrogen) atoms. The second-order valence-corrected chi connectivity index (χ2v) is 7.27. The van der Waals surface area contributed by atoms with Gasteiger partial charge in [0.1, 0.15) is 0 Å². The van der Waals surface area contributed by atoms with Crippen molar-refractivity contribution in [2.24, 2.45) is 0 Å². The summed E-state index contributed by atoms with van der Waals surface area (Å²) in [4.78, 5) is 17.7. The van der Waals surface area contributed by atoms with E-state index in [2.05, 4.69) is 13.8 Å². The Bertz CT molecular complexity index is 689. The van der Waals surface area contributed by atoms with Crippen molar-refractivity contribution in [3.63, 3.8) is 0 Å². The molecule has 1 fully saturated rings. The standard InChI is InChI=1S/C17H22N2OS/c1-3-12(2)21-17-18-15-11-7-6-10-14(15)16(20)19(17)13-8-4-5-9-13/h6-7,10-13H,3-5,8-9H2,1-2H3. The van der Waals surface area contributed by atoms with Crippen LogP contribution in [0.15, 0.2) is 34.2 Å². The van der Waals surface area contributed by atoms with Gasteiger partial charge in [-0.3, -0.25) is 9.36 Å². The maximum Gasteiger partial charge on any atom is 0.262 e. The summed E-state index contributed by atoms with van der Waals surface area (Å²) in [7, 11) is 0. The molecule has 0 amide bonds. The largest absolute Gasteiger partial charge is 0.284 e. The summed E-state index contributed by atoms with van der Waals surface area (Å²) in [6.45, 7) is 4.38. The summed E-state index contributed by atoms with van der Waals surface area (Å²) < 4.78 is 1.98. The van der Waals surface area contributed by atoms with Crippen molar-refractivity contribution in [2.75, 3.05) is 0 Å². The minimum Gasteiger partial charge on any atom is -0.284 e. The molecule has 0 aliphatic heterocycles. The predicted octanol–water partition coefficient (Wildman–Crippen LogP) is 4.40. The summed E-state index contributed by atoms with van der Waals surface area (Å²) >= 11 is 1.74. The van der Waals surface area contributed by atoms with Crippen LogP contribution in [0.25, 0.3) is 10.9 Å². The molecule has 1 aliphatic rings. The van der Waals surface area contributed by atoms with Gasteiger partial charge in [-0.15, -0.1) is 0 Å². The maximum absolute atomic E-state index is 12.9. The fourth-order valence-corrected chi connectivity index (χ4v) is 3.98. The van der Waals surface area contributed by atoms with Crippen LogP contribution in [-0.4, -0.2) is 14.8 Å². The molecule has 112 valence electrons. The van der Waals surface area contributed by atoms with E-state index in [-0.39, 0.29) is 5.56 Å². The van der Waals surface area contributed by atoms with Crippen LogP contribution in [0.4, 0.5) is 0 Å². The first-order valence-electron chi connectivity index (χ1n) is 7.88. The molecule has 1 saturated carbocycles. The molecule has 0 bridgehead atoms. The number of rotatable bonds is 4. The van der Waals surface area contributed by atoms with Crippen molar-refractivity contribution in [2.45, 2.75) is 62.4 Å². The van der Waals surface area contributed by atoms with Crippen molar-refractivity contribution in [3.05, 3.63) is 34.6 Å². The number of benzene rings is 1. The molecule has 0 radical (unpaired) electrons. The molecule has 3 nitrogen and oxygen atoms in total. The molecule has 0 saturated heterocycles. The highest BCUT2D eigenvalue weighted by Crippen LogP contribution is 2.33. The van der Waals surface area contributed by atoms with Crippen molar-refractivity contribution in [1.82, 2.24) is 9.55 Å². The van der Waals surface area contributed by atoms with E-state index in [4.69, 9.17) is 4.98 Å². The van der Waals surface area contributed by atoms with Crippen LogP contribution in [0.5, 0.6) is 0 Å². The Balaban J connectivity index is 2.17. The van der Waals surface area contributed by atoms with Gasteiger partial charge in [0.05, 0.1) is 10.9 Å². The van der Waals surface area contributed by atoms with Crippen LogP contribution in [0.1, 0.15) is 52.0 Å². The van der Waals surface area contributed by atoms with Crippen LogP contribution in [0, 0.1) is 0 Å². The molecule has 1 aromatic carbocycles. The smallest absolute Gasteiger partial charge is 0.262 e. The minimum atomic E-state index is 0.137. The van der Waals surface area contributed by atoms with Crippen molar-refractivity contribution in [3.8, 4) is 0 Å². The lowest BCUT2D eigenvalue weighted by molar-refractivity contribution is 0.457. The number of para-hydroxylation sites is 1. The highest BCUT2D eigenvalue weighted by atomic mass is 32.2.